The lowest BCUT2D eigenvalue weighted by Crippen LogP contribution is -2.24. The maximum absolute atomic E-state index is 11.3. The van der Waals surface area contributed by atoms with Gasteiger partial charge in [-0.2, -0.15) is 0 Å². The highest BCUT2D eigenvalue weighted by molar-refractivity contribution is 5.95. The van der Waals surface area contributed by atoms with Crippen LogP contribution < -0.4 is 0 Å². The summed E-state index contributed by atoms with van der Waals surface area (Å²) in [5, 5.41) is 9.41. The third kappa shape index (κ3) is 25.3. The molecule has 0 unspecified atom stereocenters. The Kier molecular flexibility index (Phi) is 23.1. The lowest BCUT2D eigenvalue weighted by atomic mass is 10.4. The summed E-state index contributed by atoms with van der Waals surface area (Å²) in [7, 11) is 4.55. The number of aliphatic hydroxyl groups excluding tert-OH is 1. The van der Waals surface area contributed by atoms with Crippen molar-refractivity contribution in [3.8, 4) is 0 Å². The van der Waals surface area contributed by atoms with Gasteiger partial charge in [-0.25, -0.2) is 38.4 Å². The zero-order valence-electron chi connectivity index (χ0n) is 23.9. The molecule has 0 amide bonds. The van der Waals surface area contributed by atoms with E-state index < -0.39 is 86.1 Å². The molecule has 0 saturated heterocycles. The van der Waals surface area contributed by atoms with Crippen molar-refractivity contribution >= 4 is 53.5 Å². The number of methoxy groups -OCH3 is 4. The van der Waals surface area contributed by atoms with Gasteiger partial charge < -0.3 is 43.0 Å². The van der Waals surface area contributed by atoms with Crippen LogP contribution in [0.2, 0.25) is 0 Å². The van der Waals surface area contributed by atoms with Crippen LogP contribution in [0, 0.1) is 0 Å². The number of carbonyl (C=O) groups is 9. The van der Waals surface area contributed by atoms with E-state index in [1.54, 1.807) is 0 Å². The van der Waals surface area contributed by atoms with E-state index in [9.17, 15) is 48.3 Å². The van der Waals surface area contributed by atoms with Gasteiger partial charge in [0, 0.05) is 48.6 Å². The largest absolute Gasteiger partial charge is 0.466 e. The molecule has 242 valence electrons. The first kappa shape index (κ1) is 40.5. The Hall–Kier alpha value is -5.65. The number of hydrogen-bond acceptors (Lipinski definition) is 18. The normalized spacial score (nSPS) is 10.5. The molecule has 0 aromatic rings. The number of esters is 8. The molecule has 0 atom stereocenters. The minimum Gasteiger partial charge on any atom is -0.466 e. The Morgan fingerprint density at radius 2 is 0.659 bits per heavy atom. The smallest absolute Gasteiger partial charge is 0.331 e. The zero-order valence-corrected chi connectivity index (χ0v) is 23.9. The maximum Gasteiger partial charge on any atom is 0.331 e. The molecule has 0 rings (SSSR count). The van der Waals surface area contributed by atoms with E-state index >= 15 is 0 Å². The molecule has 0 bridgehead atoms. The topological polar surface area (TPSA) is 248 Å². The van der Waals surface area contributed by atoms with Gasteiger partial charge in [0.15, 0.2) is 13.2 Å². The molecule has 18 nitrogen and oxygen atoms in total. The lowest BCUT2D eigenvalue weighted by molar-refractivity contribution is -0.149. The first-order valence-electron chi connectivity index (χ1n) is 11.7. The van der Waals surface area contributed by atoms with E-state index in [1.165, 1.54) is 0 Å². The van der Waals surface area contributed by atoms with Gasteiger partial charge >= 0.3 is 47.8 Å². The molecule has 0 spiro atoms. The third-order valence-electron chi connectivity index (χ3n) is 3.81. The number of ether oxygens (including phenoxy) is 8. The van der Waals surface area contributed by atoms with Crippen LogP contribution in [-0.4, -0.2) is 120 Å². The van der Waals surface area contributed by atoms with Gasteiger partial charge in [0.2, 0.25) is 5.78 Å². The van der Waals surface area contributed by atoms with Crippen LogP contribution in [-0.2, 0) is 81.0 Å². The second kappa shape index (κ2) is 25.1. The van der Waals surface area contributed by atoms with Crippen molar-refractivity contribution in [2.75, 3.05) is 54.9 Å². The van der Waals surface area contributed by atoms with Gasteiger partial charge in [0.05, 0.1) is 28.4 Å². The highest BCUT2D eigenvalue weighted by Crippen LogP contribution is 1.93. The highest BCUT2D eigenvalue weighted by atomic mass is 16.6. The Balaban J connectivity index is 0. The van der Waals surface area contributed by atoms with E-state index in [0.717, 1.165) is 77.0 Å². The minimum absolute atomic E-state index is 0.446. The molecule has 18 heteroatoms. The van der Waals surface area contributed by atoms with Crippen LogP contribution in [0.15, 0.2) is 48.6 Å². The van der Waals surface area contributed by atoms with E-state index in [2.05, 4.69) is 37.9 Å². The molecular weight excluding hydrogens is 600 g/mol. The molecule has 0 aliphatic heterocycles. The Bertz CT molecular complexity index is 1060. The van der Waals surface area contributed by atoms with Crippen LogP contribution in [0.3, 0.4) is 0 Å². The fourth-order valence-electron chi connectivity index (χ4n) is 1.76. The fraction of sp³-hybridized carbons (Fsp3) is 0.346. The molecule has 0 aromatic heterocycles. The number of rotatable bonds is 16. The minimum atomic E-state index is -1.26. The van der Waals surface area contributed by atoms with E-state index in [1.807, 2.05) is 0 Å². The summed E-state index contributed by atoms with van der Waals surface area (Å²) >= 11 is 0. The van der Waals surface area contributed by atoms with Crippen molar-refractivity contribution in [2.24, 2.45) is 0 Å². The average Bonchev–Trinajstić information content (AvgIpc) is 3.03. The van der Waals surface area contributed by atoms with E-state index in [4.69, 9.17) is 0 Å². The summed E-state index contributed by atoms with van der Waals surface area (Å²) in [6.07, 6.45) is 5.31. The summed E-state index contributed by atoms with van der Waals surface area (Å²) in [5.41, 5.74) is 0. The second-order valence-electron chi connectivity index (χ2n) is 7.09. The molecule has 1 N–H and O–H groups in total. The fourth-order valence-corrected chi connectivity index (χ4v) is 1.76. The first-order valence-corrected chi connectivity index (χ1v) is 11.7. The summed E-state index contributed by atoms with van der Waals surface area (Å²) in [6.45, 7) is -2.17. The first-order chi connectivity index (χ1) is 20.8. The molecule has 0 aliphatic rings. The molecule has 0 aromatic carbocycles. The number of ketones is 1. The zero-order chi connectivity index (χ0) is 33.9. The Morgan fingerprint density at radius 1 is 0.432 bits per heavy atom. The van der Waals surface area contributed by atoms with Gasteiger partial charge in [-0.1, -0.05) is 0 Å². The summed E-state index contributed by atoms with van der Waals surface area (Å²) in [5.74, 6) is -7.29. The third-order valence-corrected chi connectivity index (χ3v) is 3.81. The molecule has 0 radical (unpaired) electrons. The van der Waals surface area contributed by atoms with Crippen molar-refractivity contribution in [3.05, 3.63) is 48.6 Å². The average molecular weight is 631 g/mol. The lowest BCUT2D eigenvalue weighted by Gasteiger charge is -2.10. The van der Waals surface area contributed by atoms with Gasteiger partial charge in [0.25, 0.3) is 0 Å². The number of Topliss-reactive ketones (excluding diaryl/α,β-unsaturated/α-hetero) is 1. The monoisotopic (exact) mass is 630 g/mol. The Labute approximate surface area is 249 Å². The van der Waals surface area contributed by atoms with Crippen molar-refractivity contribution < 1.29 is 86.2 Å². The predicted octanol–water partition coefficient (Wildman–Crippen LogP) is -2.01. The number of hydrogen-bond donors (Lipinski definition) is 1. The second-order valence-corrected chi connectivity index (χ2v) is 7.09. The molecular formula is C26H30O18. The molecule has 0 aliphatic carbocycles. The van der Waals surface area contributed by atoms with E-state index in [0.29, 0.717) is 0 Å². The Morgan fingerprint density at radius 3 is 0.909 bits per heavy atom. The van der Waals surface area contributed by atoms with Gasteiger partial charge in [-0.05, 0) is 0 Å². The van der Waals surface area contributed by atoms with Crippen molar-refractivity contribution in [2.45, 2.75) is 6.10 Å². The van der Waals surface area contributed by atoms with Gasteiger partial charge in [-0.15, -0.1) is 0 Å². The van der Waals surface area contributed by atoms with Crippen LogP contribution in [0.1, 0.15) is 0 Å². The number of aliphatic hydroxyl groups is 1. The van der Waals surface area contributed by atoms with Crippen LogP contribution in [0.5, 0.6) is 0 Å². The standard InChI is InChI=1S/C13H16O9.C13H14O9/c2*1-19-10(15)3-5-12(17)21-7-9(14)8-22-13(18)6-4-11(16)20-2/h3-6,9,14H,7-8H2,1-2H3;3-6H,7-8H2,1-2H3/b2*5-3+,6-4+. The van der Waals surface area contributed by atoms with E-state index in [-0.39, 0.29) is 0 Å². The quantitative estimate of drug-likeness (QED) is 0.110. The summed E-state index contributed by atoms with van der Waals surface area (Å²) < 4.78 is 35.1. The molecule has 0 saturated carbocycles. The van der Waals surface area contributed by atoms with Gasteiger partial charge in [-0.3, -0.25) is 4.79 Å². The van der Waals surface area contributed by atoms with Crippen molar-refractivity contribution in [1.29, 1.82) is 0 Å². The van der Waals surface area contributed by atoms with Crippen molar-refractivity contribution in [3.63, 3.8) is 0 Å². The van der Waals surface area contributed by atoms with Gasteiger partial charge in [0.1, 0.15) is 19.3 Å². The number of carbonyl (C=O) groups excluding carboxylic acids is 9. The van der Waals surface area contributed by atoms with Crippen LogP contribution >= 0.6 is 0 Å². The predicted molar refractivity (Wildman–Crippen MR) is 139 cm³/mol. The van der Waals surface area contributed by atoms with Crippen LogP contribution in [0.4, 0.5) is 0 Å². The summed E-state index contributed by atoms with van der Waals surface area (Å²) in [4.78, 5) is 98.4. The molecule has 0 heterocycles. The molecule has 0 fully saturated rings. The molecule has 44 heavy (non-hydrogen) atoms. The maximum atomic E-state index is 11.3. The SMILES string of the molecule is COC(=O)/C=C/C(=O)OCC(=O)COC(=O)/C=C/C(=O)OC.COC(=O)/C=C/C(=O)OCC(O)COC(=O)/C=C/C(=O)OC. The summed E-state index contributed by atoms with van der Waals surface area (Å²) in [6, 6.07) is 0. The van der Waals surface area contributed by atoms with Crippen LogP contribution in [0.25, 0.3) is 0 Å². The highest BCUT2D eigenvalue weighted by Gasteiger charge is 2.11. The van der Waals surface area contributed by atoms with Crippen molar-refractivity contribution in [1.82, 2.24) is 0 Å².